The van der Waals surface area contributed by atoms with Crippen molar-refractivity contribution in [2.45, 2.75) is 5.50 Å². The predicted octanol–water partition coefficient (Wildman–Crippen LogP) is 1.23. The lowest BCUT2D eigenvalue weighted by molar-refractivity contribution is -0.111. The number of carbonyl (C=O) groups is 2. The van der Waals surface area contributed by atoms with Crippen LogP contribution >= 0.6 is 23.2 Å². The van der Waals surface area contributed by atoms with E-state index in [9.17, 15) is 9.59 Å². The van der Waals surface area contributed by atoms with E-state index >= 15 is 0 Å². The molecule has 1 N–H and O–H groups in total. The molecule has 0 aliphatic rings. The number of alkyl carbamates (subject to hydrolysis) is 1. The van der Waals surface area contributed by atoms with Gasteiger partial charge in [-0.25, -0.2) is 4.79 Å². The van der Waals surface area contributed by atoms with E-state index < -0.39 is 16.8 Å². The van der Waals surface area contributed by atoms with E-state index in [2.05, 4.69) is 11.3 Å². The van der Waals surface area contributed by atoms with Gasteiger partial charge < -0.3 is 4.74 Å². The van der Waals surface area contributed by atoms with Crippen LogP contribution in [0.2, 0.25) is 0 Å². The van der Waals surface area contributed by atoms with Crippen LogP contribution in [0.25, 0.3) is 0 Å². The SMILES string of the molecule is C=CCOC(=O)NC(Cl)C(=O)Cl. The number of halogens is 2. The Morgan fingerprint density at radius 3 is 2.67 bits per heavy atom. The fraction of sp³-hybridized carbons (Fsp3) is 0.333. The predicted molar refractivity (Wildman–Crippen MR) is 45.2 cm³/mol. The highest BCUT2D eigenvalue weighted by molar-refractivity contribution is 6.69. The van der Waals surface area contributed by atoms with Crippen LogP contribution in [0, 0.1) is 0 Å². The standard InChI is InChI=1S/C6H7Cl2NO3/c1-2-3-12-6(11)9-4(7)5(8)10/h2,4H,1,3H2,(H,9,11). The molecule has 0 aliphatic carbocycles. The lowest BCUT2D eigenvalue weighted by Crippen LogP contribution is -2.35. The third-order valence-electron chi connectivity index (χ3n) is 0.776. The molecule has 1 amide bonds. The first-order valence-electron chi connectivity index (χ1n) is 2.95. The summed E-state index contributed by atoms with van der Waals surface area (Å²) in [5, 5.41) is 1.12. The van der Waals surface area contributed by atoms with Crippen LogP contribution in [-0.2, 0) is 9.53 Å². The number of carbonyl (C=O) groups excluding carboxylic acids is 2. The second kappa shape index (κ2) is 5.85. The van der Waals surface area contributed by atoms with Crippen molar-refractivity contribution in [3.63, 3.8) is 0 Å². The first-order valence-corrected chi connectivity index (χ1v) is 3.77. The summed E-state index contributed by atoms with van der Waals surface area (Å²) in [7, 11) is 0. The third kappa shape index (κ3) is 4.98. The van der Waals surface area contributed by atoms with Crippen molar-refractivity contribution in [2.75, 3.05) is 6.61 Å². The normalized spacial score (nSPS) is 11.5. The first-order chi connectivity index (χ1) is 5.57. The van der Waals surface area contributed by atoms with Gasteiger partial charge in [-0.3, -0.25) is 10.1 Å². The maximum Gasteiger partial charge on any atom is 0.409 e. The fourth-order valence-electron chi connectivity index (χ4n) is 0.336. The van der Waals surface area contributed by atoms with Crippen LogP contribution in [0.4, 0.5) is 4.79 Å². The zero-order valence-corrected chi connectivity index (χ0v) is 7.56. The maximum atomic E-state index is 10.6. The summed E-state index contributed by atoms with van der Waals surface area (Å²) in [6.45, 7) is 3.36. The molecule has 0 aromatic carbocycles. The molecule has 68 valence electrons. The monoisotopic (exact) mass is 211 g/mol. The summed E-state index contributed by atoms with van der Waals surface area (Å²) in [6.07, 6.45) is 0.564. The second-order valence-electron chi connectivity index (χ2n) is 1.70. The Kier molecular flexibility index (Phi) is 5.49. The molecular weight excluding hydrogens is 205 g/mol. The van der Waals surface area contributed by atoms with Gasteiger partial charge in [0, 0.05) is 0 Å². The summed E-state index contributed by atoms with van der Waals surface area (Å²) < 4.78 is 4.45. The highest BCUT2D eigenvalue weighted by Gasteiger charge is 2.15. The zero-order valence-electron chi connectivity index (χ0n) is 6.05. The van der Waals surface area contributed by atoms with Crippen LogP contribution in [0.3, 0.4) is 0 Å². The van der Waals surface area contributed by atoms with Crippen molar-refractivity contribution >= 4 is 34.5 Å². The van der Waals surface area contributed by atoms with Crippen molar-refractivity contribution in [1.82, 2.24) is 5.32 Å². The van der Waals surface area contributed by atoms with Crippen LogP contribution in [0.5, 0.6) is 0 Å². The number of amides is 1. The molecule has 6 heteroatoms. The quantitative estimate of drug-likeness (QED) is 0.330. The maximum absolute atomic E-state index is 10.6. The molecule has 0 radical (unpaired) electrons. The number of rotatable bonds is 4. The summed E-state index contributed by atoms with van der Waals surface area (Å²) in [5.41, 5.74) is -1.26. The molecule has 0 saturated carbocycles. The van der Waals surface area contributed by atoms with Gasteiger partial charge in [-0.15, -0.1) is 0 Å². The number of alkyl halides is 1. The van der Waals surface area contributed by atoms with Gasteiger partial charge in [0.2, 0.25) is 0 Å². The van der Waals surface area contributed by atoms with Crippen LogP contribution < -0.4 is 5.32 Å². The minimum absolute atomic E-state index is 0.0475. The van der Waals surface area contributed by atoms with E-state index in [0.29, 0.717) is 0 Å². The number of nitrogens with one attached hydrogen (secondary N) is 1. The molecule has 0 aromatic heterocycles. The van der Waals surface area contributed by atoms with Crippen molar-refractivity contribution in [3.05, 3.63) is 12.7 Å². The molecule has 4 nitrogen and oxygen atoms in total. The molecule has 1 atom stereocenters. The lowest BCUT2D eigenvalue weighted by atomic mass is 10.7. The molecular formula is C6H7Cl2NO3. The van der Waals surface area contributed by atoms with Crippen molar-refractivity contribution in [1.29, 1.82) is 0 Å². The Morgan fingerprint density at radius 2 is 2.25 bits per heavy atom. The van der Waals surface area contributed by atoms with E-state index in [4.69, 9.17) is 23.2 Å². The van der Waals surface area contributed by atoms with Crippen LogP contribution in [0.1, 0.15) is 0 Å². The molecule has 0 spiro atoms. The van der Waals surface area contributed by atoms with E-state index in [0.717, 1.165) is 0 Å². The van der Waals surface area contributed by atoms with Gasteiger partial charge in [0.05, 0.1) is 0 Å². The van der Waals surface area contributed by atoms with Crippen molar-refractivity contribution < 1.29 is 14.3 Å². The van der Waals surface area contributed by atoms with Crippen LogP contribution in [0.15, 0.2) is 12.7 Å². The molecule has 0 aromatic rings. The Labute approximate surface area is 79.5 Å². The summed E-state index contributed by atoms with van der Waals surface area (Å²) in [6, 6.07) is 0. The molecule has 0 saturated heterocycles. The Bertz CT molecular complexity index is 195. The van der Waals surface area contributed by atoms with Crippen molar-refractivity contribution in [3.8, 4) is 0 Å². The topological polar surface area (TPSA) is 55.4 Å². The van der Waals surface area contributed by atoms with Gasteiger partial charge in [-0.2, -0.15) is 0 Å². The van der Waals surface area contributed by atoms with Gasteiger partial charge in [-0.05, 0) is 11.6 Å². The van der Waals surface area contributed by atoms with Gasteiger partial charge in [0.25, 0.3) is 5.24 Å². The number of ether oxygens (including phenoxy) is 1. The van der Waals surface area contributed by atoms with Crippen molar-refractivity contribution in [2.24, 2.45) is 0 Å². The highest BCUT2D eigenvalue weighted by atomic mass is 35.5. The molecule has 0 bridgehead atoms. The Balaban J connectivity index is 3.68. The van der Waals surface area contributed by atoms with Gasteiger partial charge >= 0.3 is 6.09 Å². The average Bonchev–Trinajstić information content (AvgIpc) is 2.00. The average molecular weight is 212 g/mol. The Morgan fingerprint density at radius 1 is 1.67 bits per heavy atom. The third-order valence-corrected chi connectivity index (χ3v) is 1.41. The number of hydrogen-bond acceptors (Lipinski definition) is 3. The number of hydrogen-bond donors (Lipinski definition) is 1. The molecule has 0 aliphatic heterocycles. The van der Waals surface area contributed by atoms with E-state index in [1.807, 2.05) is 5.32 Å². The molecule has 1 unspecified atom stereocenters. The fourth-order valence-corrected chi connectivity index (χ4v) is 0.480. The van der Waals surface area contributed by atoms with E-state index in [1.165, 1.54) is 6.08 Å². The van der Waals surface area contributed by atoms with Gasteiger partial charge in [0.1, 0.15) is 6.61 Å². The first kappa shape index (κ1) is 11.3. The smallest absolute Gasteiger partial charge is 0.409 e. The largest absolute Gasteiger partial charge is 0.445 e. The van der Waals surface area contributed by atoms with Gasteiger partial charge in [-0.1, -0.05) is 24.3 Å². The summed E-state index contributed by atoms with van der Waals surface area (Å²) in [4.78, 5) is 20.9. The van der Waals surface area contributed by atoms with Crippen LogP contribution in [-0.4, -0.2) is 23.4 Å². The molecule has 0 rings (SSSR count). The minimum Gasteiger partial charge on any atom is -0.445 e. The Hall–Kier alpha value is -0.740. The molecule has 12 heavy (non-hydrogen) atoms. The molecule has 0 fully saturated rings. The second-order valence-corrected chi connectivity index (χ2v) is 2.51. The highest BCUT2D eigenvalue weighted by Crippen LogP contribution is 1.96. The zero-order chi connectivity index (χ0) is 9.56. The minimum atomic E-state index is -1.26. The van der Waals surface area contributed by atoms with Gasteiger partial charge in [0.15, 0.2) is 5.50 Å². The summed E-state index contributed by atoms with van der Waals surface area (Å²) >= 11 is 10.2. The lowest BCUT2D eigenvalue weighted by Gasteiger charge is -2.06. The summed E-state index contributed by atoms with van der Waals surface area (Å²) in [5.74, 6) is 0. The molecule has 0 heterocycles. The van der Waals surface area contributed by atoms with E-state index in [1.54, 1.807) is 0 Å². The van der Waals surface area contributed by atoms with E-state index in [-0.39, 0.29) is 6.61 Å².